The SMILES string of the molecule is COn1c(=O)n(C)c(=O)n(C)c1=O. The van der Waals surface area contributed by atoms with Crippen LogP contribution in [-0.2, 0) is 14.1 Å². The van der Waals surface area contributed by atoms with Crippen LogP contribution in [0.5, 0.6) is 0 Å². The minimum Gasteiger partial charge on any atom is -0.408 e. The van der Waals surface area contributed by atoms with Gasteiger partial charge >= 0.3 is 17.1 Å². The first-order chi connectivity index (χ1) is 6.00. The molecule has 1 aromatic rings. The second-order valence-electron chi connectivity index (χ2n) is 2.44. The van der Waals surface area contributed by atoms with Crippen molar-refractivity contribution in [3.8, 4) is 0 Å². The first-order valence-electron chi connectivity index (χ1n) is 3.44. The molecule has 7 heteroatoms. The van der Waals surface area contributed by atoms with E-state index in [0.717, 1.165) is 9.13 Å². The molecule has 0 aliphatic heterocycles. The van der Waals surface area contributed by atoms with Crippen LogP contribution in [0.25, 0.3) is 0 Å². The Morgan fingerprint density at radius 1 is 0.923 bits per heavy atom. The fourth-order valence-electron chi connectivity index (χ4n) is 0.899. The molecule has 7 nitrogen and oxygen atoms in total. The summed E-state index contributed by atoms with van der Waals surface area (Å²) < 4.78 is 2.07. The Hall–Kier alpha value is -1.79. The van der Waals surface area contributed by atoms with Crippen molar-refractivity contribution in [1.82, 2.24) is 13.9 Å². The molecule has 0 atom stereocenters. The van der Waals surface area contributed by atoms with Gasteiger partial charge in [-0.3, -0.25) is 0 Å². The highest BCUT2D eigenvalue weighted by Crippen LogP contribution is 1.60. The Balaban J connectivity index is 3.89. The molecule has 1 heterocycles. The topological polar surface area (TPSA) is 75.2 Å². The number of aromatic nitrogens is 3. The average Bonchev–Trinajstić information content (AvgIpc) is 2.13. The molecule has 0 aliphatic carbocycles. The van der Waals surface area contributed by atoms with Crippen LogP contribution in [0.2, 0.25) is 0 Å². The van der Waals surface area contributed by atoms with E-state index < -0.39 is 17.1 Å². The van der Waals surface area contributed by atoms with Gasteiger partial charge in [0.15, 0.2) is 0 Å². The summed E-state index contributed by atoms with van der Waals surface area (Å²) in [6, 6.07) is 0. The third-order valence-electron chi connectivity index (χ3n) is 1.68. The maximum atomic E-state index is 11.2. The van der Waals surface area contributed by atoms with Crippen LogP contribution in [-0.4, -0.2) is 21.0 Å². The van der Waals surface area contributed by atoms with E-state index >= 15 is 0 Å². The van der Waals surface area contributed by atoms with Crippen molar-refractivity contribution in [3.63, 3.8) is 0 Å². The summed E-state index contributed by atoms with van der Waals surface area (Å²) in [5, 5.41) is 0. The van der Waals surface area contributed by atoms with Gasteiger partial charge in [-0.2, -0.15) is 0 Å². The summed E-state index contributed by atoms with van der Waals surface area (Å²) in [7, 11) is 3.70. The van der Waals surface area contributed by atoms with Gasteiger partial charge < -0.3 is 4.84 Å². The Morgan fingerprint density at radius 2 is 1.31 bits per heavy atom. The fourth-order valence-corrected chi connectivity index (χ4v) is 0.899. The van der Waals surface area contributed by atoms with Crippen molar-refractivity contribution in [2.24, 2.45) is 14.1 Å². The van der Waals surface area contributed by atoms with E-state index in [9.17, 15) is 14.4 Å². The maximum Gasteiger partial charge on any atom is 0.369 e. The first-order valence-corrected chi connectivity index (χ1v) is 3.44. The summed E-state index contributed by atoms with van der Waals surface area (Å²) in [4.78, 5) is 38.0. The third-order valence-corrected chi connectivity index (χ3v) is 1.68. The summed E-state index contributed by atoms with van der Waals surface area (Å²) in [5.41, 5.74) is -2.27. The predicted octanol–water partition coefficient (Wildman–Crippen LogP) is -2.70. The zero-order valence-corrected chi connectivity index (χ0v) is 7.47. The highest BCUT2D eigenvalue weighted by atomic mass is 16.7. The van der Waals surface area contributed by atoms with Crippen LogP contribution >= 0.6 is 0 Å². The molecule has 0 bridgehead atoms. The van der Waals surface area contributed by atoms with Crippen molar-refractivity contribution in [2.45, 2.75) is 0 Å². The largest absolute Gasteiger partial charge is 0.408 e. The smallest absolute Gasteiger partial charge is 0.369 e. The zero-order chi connectivity index (χ0) is 10.2. The number of rotatable bonds is 1. The summed E-state index contributed by atoms with van der Waals surface area (Å²) in [6.45, 7) is 0. The molecule has 0 saturated carbocycles. The van der Waals surface area contributed by atoms with Gasteiger partial charge in [-0.25, -0.2) is 23.5 Å². The van der Waals surface area contributed by atoms with Gasteiger partial charge in [0.05, 0.1) is 0 Å². The van der Waals surface area contributed by atoms with Gasteiger partial charge in [-0.05, 0) is 0 Å². The lowest BCUT2D eigenvalue weighted by atomic mass is 10.8. The van der Waals surface area contributed by atoms with Gasteiger partial charge in [0, 0.05) is 14.1 Å². The number of hydrogen-bond donors (Lipinski definition) is 0. The highest BCUT2D eigenvalue weighted by molar-refractivity contribution is 4.72. The molecule has 0 saturated heterocycles. The standard InChI is InChI=1S/C6H9N3O4/c1-7-4(10)8(2)6(12)9(13-3)5(7)11/h1-3H3. The molecule has 0 spiro atoms. The first kappa shape index (κ1) is 9.30. The van der Waals surface area contributed by atoms with Crippen LogP contribution < -0.4 is 21.9 Å². The molecular formula is C6H9N3O4. The summed E-state index contributed by atoms with van der Waals surface area (Å²) in [6.07, 6.45) is 0. The van der Waals surface area contributed by atoms with Crippen LogP contribution in [0.1, 0.15) is 0 Å². The molecule has 0 amide bonds. The lowest BCUT2D eigenvalue weighted by molar-refractivity contribution is 0.129. The van der Waals surface area contributed by atoms with Gasteiger partial charge in [0.25, 0.3) is 0 Å². The maximum absolute atomic E-state index is 11.2. The van der Waals surface area contributed by atoms with Gasteiger partial charge in [0.1, 0.15) is 7.11 Å². The van der Waals surface area contributed by atoms with Crippen molar-refractivity contribution >= 4 is 0 Å². The molecule has 0 N–H and O–H groups in total. The summed E-state index contributed by atoms with van der Waals surface area (Å²) >= 11 is 0. The second-order valence-corrected chi connectivity index (χ2v) is 2.44. The zero-order valence-electron chi connectivity index (χ0n) is 7.47. The monoisotopic (exact) mass is 187 g/mol. The van der Waals surface area contributed by atoms with Gasteiger partial charge in [-0.15, -0.1) is 0 Å². The van der Waals surface area contributed by atoms with Crippen LogP contribution in [0.15, 0.2) is 14.4 Å². The van der Waals surface area contributed by atoms with Crippen LogP contribution in [0, 0.1) is 0 Å². The number of hydrogen-bond acceptors (Lipinski definition) is 4. The molecule has 0 unspecified atom stereocenters. The molecule has 13 heavy (non-hydrogen) atoms. The molecule has 72 valence electrons. The van der Waals surface area contributed by atoms with Crippen molar-refractivity contribution in [1.29, 1.82) is 0 Å². The number of nitrogens with zero attached hydrogens (tertiary/aromatic N) is 3. The molecule has 0 aliphatic rings. The lowest BCUT2D eigenvalue weighted by Gasteiger charge is -2.05. The fraction of sp³-hybridized carbons (Fsp3) is 0.500. The van der Waals surface area contributed by atoms with Crippen molar-refractivity contribution in [3.05, 3.63) is 31.5 Å². The highest BCUT2D eigenvalue weighted by Gasteiger charge is 2.09. The quantitative estimate of drug-likeness (QED) is 0.479. The Labute approximate surface area is 72.4 Å². The Bertz CT molecular complexity index is 452. The average molecular weight is 187 g/mol. The van der Waals surface area contributed by atoms with E-state index in [2.05, 4.69) is 4.84 Å². The molecular weight excluding hydrogens is 178 g/mol. The Morgan fingerprint density at radius 3 is 1.62 bits per heavy atom. The van der Waals surface area contributed by atoms with Crippen LogP contribution in [0.4, 0.5) is 0 Å². The van der Waals surface area contributed by atoms with E-state index in [-0.39, 0.29) is 0 Å². The normalized spacial score (nSPS) is 10.1. The van der Waals surface area contributed by atoms with E-state index in [1.165, 1.54) is 21.2 Å². The van der Waals surface area contributed by atoms with E-state index in [0.29, 0.717) is 4.73 Å². The summed E-state index contributed by atoms with van der Waals surface area (Å²) in [5.74, 6) is 0. The van der Waals surface area contributed by atoms with Gasteiger partial charge in [-0.1, -0.05) is 4.73 Å². The van der Waals surface area contributed by atoms with E-state index in [1.54, 1.807) is 0 Å². The molecule has 0 fully saturated rings. The van der Waals surface area contributed by atoms with Gasteiger partial charge in [0.2, 0.25) is 0 Å². The van der Waals surface area contributed by atoms with Crippen LogP contribution in [0.3, 0.4) is 0 Å². The molecule has 1 aromatic heterocycles. The van der Waals surface area contributed by atoms with Crippen molar-refractivity contribution < 1.29 is 4.84 Å². The third kappa shape index (κ3) is 1.17. The minimum atomic E-state index is -0.796. The predicted molar refractivity (Wildman–Crippen MR) is 43.7 cm³/mol. The van der Waals surface area contributed by atoms with E-state index in [4.69, 9.17) is 0 Å². The lowest BCUT2D eigenvalue weighted by Crippen LogP contribution is -2.54. The van der Waals surface area contributed by atoms with E-state index in [1.807, 2.05) is 0 Å². The second kappa shape index (κ2) is 2.92. The molecule has 1 rings (SSSR count). The minimum absolute atomic E-state index is 0.501. The Kier molecular flexibility index (Phi) is 2.09. The molecule has 0 radical (unpaired) electrons. The van der Waals surface area contributed by atoms with Crippen molar-refractivity contribution in [2.75, 3.05) is 7.11 Å². The molecule has 0 aromatic carbocycles.